The Kier molecular flexibility index (Phi) is 6.22. The van der Waals surface area contributed by atoms with E-state index in [0.717, 1.165) is 12.8 Å². The van der Waals surface area contributed by atoms with E-state index in [2.05, 4.69) is 15.5 Å². The standard InChI is InChI=1S/C13H25N3O4/c1-16(2)13(6-3-4-7-13)9-15-12(20)14-8-5-10(17)11(18)19/h10,17H,3-9H2,1-2H3,(H,18,19)(H2,14,15,20)/t10-/m0/s1. The van der Waals surface area contributed by atoms with Crippen molar-refractivity contribution in [3.63, 3.8) is 0 Å². The average Bonchev–Trinajstić information content (AvgIpc) is 2.86. The van der Waals surface area contributed by atoms with Crippen molar-refractivity contribution in [2.45, 2.75) is 43.7 Å². The van der Waals surface area contributed by atoms with Crippen LogP contribution in [-0.2, 0) is 4.79 Å². The van der Waals surface area contributed by atoms with Crippen LogP contribution >= 0.6 is 0 Å². The Morgan fingerprint density at radius 1 is 1.25 bits per heavy atom. The van der Waals surface area contributed by atoms with Crippen LogP contribution in [-0.4, -0.2) is 65.9 Å². The number of carbonyl (C=O) groups excluding carboxylic acids is 1. The molecule has 116 valence electrons. The van der Waals surface area contributed by atoms with E-state index in [1.807, 2.05) is 14.1 Å². The highest BCUT2D eigenvalue weighted by Gasteiger charge is 2.36. The number of likely N-dealkylation sites (N-methyl/N-ethyl adjacent to an activating group) is 1. The maximum absolute atomic E-state index is 11.6. The predicted octanol–water partition coefficient (Wildman–Crippen LogP) is -0.00440. The number of hydrogen-bond donors (Lipinski definition) is 4. The first kappa shape index (κ1) is 16.7. The molecule has 1 rings (SSSR count). The molecular formula is C13H25N3O4. The van der Waals surface area contributed by atoms with Gasteiger partial charge in [0.15, 0.2) is 6.10 Å². The van der Waals surface area contributed by atoms with E-state index < -0.39 is 12.1 Å². The predicted molar refractivity (Wildman–Crippen MR) is 74.5 cm³/mol. The molecule has 20 heavy (non-hydrogen) atoms. The van der Waals surface area contributed by atoms with E-state index in [9.17, 15) is 9.59 Å². The van der Waals surface area contributed by atoms with Gasteiger partial charge in [-0.3, -0.25) is 0 Å². The molecule has 0 spiro atoms. The summed E-state index contributed by atoms with van der Waals surface area (Å²) in [7, 11) is 4.04. The quantitative estimate of drug-likeness (QED) is 0.528. The van der Waals surface area contributed by atoms with Crippen LogP contribution in [0.1, 0.15) is 32.1 Å². The van der Waals surface area contributed by atoms with Crippen molar-refractivity contribution in [2.75, 3.05) is 27.2 Å². The summed E-state index contributed by atoms with van der Waals surface area (Å²) in [6.07, 6.45) is 3.05. The third-order valence-electron chi connectivity index (χ3n) is 4.05. The Morgan fingerprint density at radius 2 is 1.85 bits per heavy atom. The van der Waals surface area contributed by atoms with E-state index in [1.165, 1.54) is 12.8 Å². The molecule has 0 saturated heterocycles. The zero-order valence-electron chi connectivity index (χ0n) is 12.2. The molecule has 4 N–H and O–H groups in total. The van der Waals surface area contributed by atoms with Crippen LogP contribution in [0.25, 0.3) is 0 Å². The lowest BCUT2D eigenvalue weighted by molar-refractivity contribution is -0.146. The number of urea groups is 1. The number of carboxylic acid groups (broad SMARTS) is 1. The summed E-state index contributed by atoms with van der Waals surface area (Å²) < 4.78 is 0. The molecule has 7 heteroatoms. The van der Waals surface area contributed by atoms with Crippen LogP contribution in [0.15, 0.2) is 0 Å². The van der Waals surface area contributed by atoms with Gasteiger partial charge in [0.1, 0.15) is 0 Å². The molecule has 0 bridgehead atoms. The number of hydrogen-bond acceptors (Lipinski definition) is 4. The Bertz CT molecular complexity index is 341. The summed E-state index contributed by atoms with van der Waals surface area (Å²) in [5, 5.41) is 23.0. The minimum absolute atomic E-state index is 0.00156. The fourth-order valence-corrected chi connectivity index (χ4v) is 2.57. The second-order valence-electron chi connectivity index (χ2n) is 5.58. The summed E-state index contributed by atoms with van der Waals surface area (Å²) in [5.41, 5.74) is 0.0257. The fraction of sp³-hybridized carbons (Fsp3) is 0.846. The summed E-state index contributed by atoms with van der Waals surface area (Å²) in [6.45, 7) is 0.710. The SMILES string of the molecule is CN(C)C1(CNC(=O)NCC[C@H](O)C(=O)O)CCCC1. The van der Waals surface area contributed by atoms with Crippen molar-refractivity contribution >= 4 is 12.0 Å². The number of aliphatic carboxylic acids is 1. The number of nitrogens with one attached hydrogen (secondary N) is 2. The zero-order valence-corrected chi connectivity index (χ0v) is 12.2. The van der Waals surface area contributed by atoms with Crippen molar-refractivity contribution in [3.05, 3.63) is 0 Å². The van der Waals surface area contributed by atoms with Crippen molar-refractivity contribution in [2.24, 2.45) is 0 Å². The minimum Gasteiger partial charge on any atom is -0.479 e. The summed E-state index contributed by atoms with van der Waals surface area (Å²) in [4.78, 5) is 24.2. The maximum atomic E-state index is 11.6. The minimum atomic E-state index is -1.43. The van der Waals surface area contributed by atoms with E-state index in [1.54, 1.807) is 0 Å². The Balaban J connectivity index is 2.27. The van der Waals surface area contributed by atoms with Crippen LogP contribution in [0.2, 0.25) is 0 Å². The maximum Gasteiger partial charge on any atom is 0.332 e. The molecule has 0 aromatic carbocycles. The van der Waals surface area contributed by atoms with Crippen molar-refractivity contribution in [1.29, 1.82) is 0 Å². The molecular weight excluding hydrogens is 262 g/mol. The van der Waals surface area contributed by atoms with Gasteiger partial charge in [-0.05, 0) is 26.9 Å². The zero-order chi connectivity index (χ0) is 15.2. The molecule has 0 unspecified atom stereocenters. The van der Waals surface area contributed by atoms with E-state index in [-0.39, 0.29) is 24.5 Å². The monoisotopic (exact) mass is 287 g/mol. The van der Waals surface area contributed by atoms with Crippen molar-refractivity contribution < 1.29 is 19.8 Å². The highest BCUT2D eigenvalue weighted by atomic mass is 16.4. The van der Waals surface area contributed by atoms with Crippen LogP contribution in [0.5, 0.6) is 0 Å². The molecule has 1 saturated carbocycles. The first-order valence-corrected chi connectivity index (χ1v) is 6.97. The molecule has 1 fully saturated rings. The smallest absolute Gasteiger partial charge is 0.332 e. The Labute approximate surface area is 119 Å². The molecule has 1 atom stereocenters. The third kappa shape index (κ3) is 4.64. The van der Waals surface area contributed by atoms with Crippen molar-refractivity contribution in [3.8, 4) is 0 Å². The van der Waals surface area contributed by atoms with Gasteiger partial charge in [-0.1, -0.05) is 12.8 Å². The van der Waals surface area contributed by atoms with Gasteiger partial charge in [0.25, 0.3) is 0 Å². The summed E-state index contributed by atoms with van der Waals surface area (Å²) in [6, 6.07) is -0.323. The van der Waals surface area contributed by atoms with Crippen molar-refractivity contribution in [1.82, 2.24) is 15.5 Å². The number of carboxylic acids is 1. The highest BCUT2D eigenvalue weighted by molar-refractivity contribution is 5.74. The highest BCUT2D eigenvalue weighted by Crippen LogP contribution is 2.32. The molecule has 0 radical (unpaired) electrons. The lowest BCUT2D eigenvalue weighted by Gasteiger charge is -2.36. The molecule has 1 aliphatic rings. The second-order valence-corrected chi connectivity index (χ2v) is 5.58. The van der Waals surface area contributed by atoms with Gasteiger partial charge in [-0.25, -0.2) is 9.59 Å². The van der Waals surface area contributed by atoms with Crippen LogP contribution in [0.4, 0.5) is 4.79 Å². The molecule has 0 aromatic rings. The number of rotatable bonds is 7. The molecule has 0 heterocycles. The van der Waals surface area contributed by atoms with Gasteiger partial charge in [-0.2, -0.15) is 0 Å². The summed E-state index contributed by atoms with van der Waals surface area (Å²) >= 11 is 0. The number of aliphatic hydroxyl groups is 1. The van der Waals surface area contributed by atoms with Crippen LogP contribution in [0, 0.1) is 0 Å². The normalized spacial score (nSPS) is 18.8. The number of nitrogens with zero attached hydrogens (tertiary/aromatic N) is 1. The lowest BCUT2D eigenvalue weighted by Crippen LogP contribution is -2.52. The summed E-state index contributed by atoms with van der Waals surface area (Å²) in [5.74, 6) is -1.27. The van der Waals surface area contributed by atoms with Gasteiger partial charge in [0, 0.05) is 25.0 Å². The molecule has 1 aliphatic carbocycles. The first-order valence-electron chi connectivity index (χ1n) is 6.97. The lowest BCUT2D eigenvalue weighted by atomic mass is 9.96. The number of aliphatic hydroxyl groups excluding tert-OH is 1. The second kappa shape index (κ2) is 7.44. The Morgan fingerprint density at radius 3 is 2.35 bits per heavy atom. The molecule has 0 aromatic heterocycles. The average molecular weight is 287 g/mol. The molecule has 7 nitrogen and oxygen atoms in total. The van der Waals surface area contributed by atoms with Crippen LogP contribution in [0.3, 0.4) is 0 Å². The van der Waals surface area contributed by atoms with Gasteiger partial charge in [0.2, 0.25) is 0 Å². The first-order chi connectivity index (χ1) is 9.37. The number of amides is 2. The van der Waals surface area contributed by atoms with Crippen LogP contribution < -0.4 is 10.6 Å². The van der Waals surface area contributed by atoms with Gasteiger partial charge in [0.05, 0.1) is 0 Å². The fourth-order valence-electron chi connectivity index (χ4n) is 2.57. The van der Waals surface area contributed by atoms with E-state index >= 15 is 0 Å². The Hall–Kier alpha value is -1.34. The van der Waals surface area contributed by atoms with Gasteiger partial charge >= 0.3 is 12.0 Å². The van der Waals surface area contributed by atoms with E-state index in [0.29, 0.717) is 6.54 Å². The van der Waals surface area contributed by atoms with E-state index in [4.69, 9.17) is 10.2 Å². The topological polar surface area (TPSA) is 102 Å². The largest absolute Gasteiger partial charge is 0.479 e. The van der Waals surface area contributed by atoms with Gasteiger partial charge in [-0.15, -0.1) is 0 Å². The molecule has 0 aliphatic heterocycles. The van der Waals surface area contributed by atoms with Gasteiger partial charge < -0.3 is 25.7 Å². The molecule has 2 amide bonds. The number of carbonyl (C=O) groups is 2. The third-order valence-corrected chi connectivity index (χ3v) is 4.05.